The Morgan fingerprint density at radius 2 is 1.64 bits per heavy atom. The van der Waals surface area contributed by atoms with Crippen LogP contribution in [0.15, 0.2) is 18.2 Å². The highest BCUT2D eigenvalue weighted by atomic mass is 14.9. The van der Waals surface area contributed by atoms with Gasteiger partial charge >= 0.3 is 0 Å². The summed E-state index contributed by atoms with van der Waals surface area (Å²) >= 11 is 0. The first-order chi connectivity index (χ1) is 6.61. The Hall–Kier alpha value is -1.02. The molecule has 1 aromatic carbocycles. The molecule has 2 nitrogen and oxygen atoms in total. The van der Waals surface area contributed by atoms with E-state index in [1.54, 1.807) is 0 Å². The minimum absolute atomic E-state index is 0.854. The number of nitrogen functional groups attached to an aromatic ring is 1. The van der Waals surface area contributed by atoms with E-state index in [1.807, 2.05) is 33.0 Å². The van der Waals surface area contributed by atoms with Crippen LogP contribution < -0.4 is 11.1 Å². The quantitative estimate of drug-likeness (QED) is 0.670. The van der Waals surface area contributed by atoms with Gasteiger partial charge in [-0.3, -0.25) is 0 Å². The molecule has 2 rings (SSSR count). The molecule has 2 heteroatoms. The van der Waals surface area contributed by atoms with Crippen LogP contribution in [0.2, 0.25) is 0 Å². The molecule has 3 N–H and O–H groups in total. The van der Waals surface area contributed by atoms with Crippen molar-refractivity contribution in [2.45, 2.75) is 32.7 Å². The van der Waals surface area contributed by atoms with Crippen LogP contribution in [0.25, 0.3) is 0 Å². The maximum absolute atomic E-state index is 5.56. The van der Waals surface area contributed by atoms with Gasteiger partial charge in [-0.1, -0.05) is 6.07 Å². The minimum Gasteiger partial charge on any atom is -0.399 e. The molecule has 1 aliphatic rings. The molecule has 0 spiro atoms. The highest BCUT2D eigenvalue weighted by molar-refractivity contribution is 5.43. The van der Waals surface area contributed by atoms with Gasteiger partial charge in [-0.15, -0.1) is 0 Å². The molecular formula is C12H20N2. The van der Waals surface area contributed by atoms with Gasteiger partial charge < -0.3 is 11.1 Å². The molecule has 0 bridgehead atoms. The van der Waals surface area contributed by atoms with Crippen molar-refractivity contribution in [2.24, 2.45) is 0 Å². The van der Waals surface area contributed by atoms with Crippen molar-refractivity contribution in [3.63, 3.8) is 0 Å². The van der Waals surface area contributed by atoms with Gasteiger partial charge in [0.2, 0.25) is 0 Å². The third-order valence-corrected chi connectivity index (χ3v) is 2.23. The minimum atomic E-state index is 0.854. The molecule has 0 unspecified atom stereocenters. The average Bonchev–Trinajstić information content (AvgIpc) is 2.84. The lowest BCUT2D eigenvalue weighted by molar-refractivity contribution is 0.811. The van der Waals surface area contributed by atoms with Gasteiger partial charge in [-0.25, -0.2) is 0 Å². The molecule has 1 fully saturated rings. The maximum atomic E-state index is 5.56. The van der Waals surface area contributed by atoms with Crippen LogP contribution in [0.4, 0.5) is 5.69 Å². The molecule has 1 saturated carbocycles. The molecule has 0 radical (unpaired) electrons. The van der Waals surface area contributed by atoms with Crippen molar-refractivity contribution in [3.05, 3.63) is 29.3 Å². The molecule has 0 atom stereocenters. The van der Waals surface area contributed by atoms with Gasteiger partial charge in [0.25, 0.3) is 0 Å². The number of nitrogens with two attached hydrogens (primary N) is 1. The number of hydrogen-bond donors (Lipinski definition) is 2. The highest BCUT2D eigenvalue weighted by Gasteiger charge is 2.17. The molecule has 78 valence electrons. The van der Waals surface area contributed by atoms with Gasteiger partial charge in [0.1, 0.15) is 0 Å². The maximum Gasteiger partial charge on any atom is 0.0319 e. The molecule has 0 saturated heterocycles. The summed E-state index contributed by atoms with van der Waals surface area (Å²) in [6.07, 6.45) is 2.80. The van der Waals surface area contributed by atoms with Crippen molar-refractivity contribution < 1.29 is 0 Å². The van der Waals surface area contributed by atoms with Gasteiger partial charge in [0, 0.05) is 11.7 Å². The zero-order chi connectivity index (χ0) is 10.6. The molecule has 1 aromatic rings. The van der Waals surface area contributed by atoms with E-state index in [0.29, 0.717) is 0 Å². The van der Waals surface area contributed by atoms with Gasteiger partial charge in [-0.05, 0) is 57.0 Å². The lowest BCUT2D eigenvalue weighted by Crippen LogP contribution is -2.06. The molecule has 14 heavy (non-hydrogen) atoms. The van der Waals surface area contributed by atoms with Crippen LogP contribution in [0.1, 0.15) is 24.0 Å². The third-order valence-electron chi connectivity index (χ3n) is 2.23. The Morgan fingerprint density at radius 3 is 1.86 bits per heavy atom. The van der Waals surface area contributed by atoms with Crippen LogP contribution >= 0.6 is 0 Å². The first kappa shape index (κ1) is 11.1. The topological polar surface area (TPSA) is 38.0 Å². The lowest BCUT2D eigenvalue weighted by Gasteiger charge is -1.97. The Bertz CT molecular complexity index is 240. The Kier molecular flexibility index (Phi) is 3.96. The van der Waals surface area contributed by atoms with Crippen LogP contribution in [0, 0.1) is 13.8 Å². The van der Waals surface area contributed by atoms with E-state index in [2.05, 4.69) is 11.4 Å². The molecule has 0 aromatic heterocycles. The largest absolute Gasteiger partial charge is 0.399 e. The van der Waals surface area contributed by atoms with Gasteiger partial charge in [0.05, 0.1) is 0 Å². The van der Waals surface area contributed by atoms with Crippen molar-refractivity contribution in [1.29, 1.82) is 0 Å². The van der Waals surface area contributed by atoms with Crippen molar-refractivity contribution in [1.82, 2.24) is 5.32 Å². The van der Waals surface area contributed by atoms with Crippen LogP contribution in [0.3, 0.4) is 0 Å². The van der Waals surface area contributed by atoms with Crippen LogP contribution in [-0.4, -0.2) is 13.1 Å². The van der Waals surface area contributed by atoms with E-state index in [9.17, 15) is 0 Å². The fourth-order valence-electron chi connectivity index (χ4n) is 1.38. The Labute approximate surface area is 86.5 Å². The molecule has 0 heterocycles. The summed E-state index contributed by atoms with van der Waals surface area (Å²) in [6.45, 7) is 4.09. The summed E-state index contributed by atoms with van der Waals surface area (Å²) < 4.78 is 0. The second kappa shape index (κ2) is 5.01. The van der Waals surface area contributed by atoms with E-state index < -0.39 is 0 Å². The van der Waals surface area contributed by atoms with Gasteiger partial charge in [-0.2, -0.15) is 0 Å². The van der Waals surface area contributed by atoms with E-state index in [4.69, 9.17) is 5.73 Å². The molecular weight excluding hydrogens is 172 g/mol. The first-order valence-electron chi connectivity index (χ1n) is 5.13. The van der Waals surface area contributed by atoms with E-state index in [0.717, 1.165) is 11.7 Å². The van der Waals surface area contributed by atoms with Crippen LogP contribution in [-0.2, 0) is 0 Å². The summed E-state index contributed by atoms with van der Waals surface area (Å²) in [5.74, 6) is 0. The zero-order valence-corrected chi connectivity index (χ0v) is 9.30. The fraction of sp³-hybridized carbons (Fsp3) is 0.500. The highest BCUT2D eigenvalue weighted by Crippen LogP contribution is 2.17. The first-order valence-corrected chi connectivity index (χ1v) is 5.13. The summed E-state index contributed by atoms with van der Waals surface area (Å²) in [6, 6.07) is 6.92. The second-order valence-electron chi connectivity index (χ2n) is 3.98. The number of nitrogens with one attached hydrogen (secondary N) is 1. The van der Waals surface area contributed by atoms with Crippen molar-refractivity contribution in [2.75, 3.05) is 12.8 Å². The summed E-state index contributed by atoms with van der Waals surface area (Å²) in [5.41, 5.74) is 8.87. The normalized spacial score (nSPS) is 14.5. The van der Waals surface area contributed by atoms with E-state index in [-0.39, 0.29) is 0 Å². The molecule has 0 aliphatic heterocycles. The lowest BCUT2D eigenvalue weighted by atomic mass is 10.1. The SMILES string of the molecule is CNC1CC1.Cc1cc(C)cc(N)c1. The van der Waals surface area contributed by atoms with E-state index in [1.165, 1.54) is 24.0 Å². The number of benzene rings is 1. The number of anilines is 1. The summed E-state index contributed by atoms with van der Waals surface area (Å²) in [5, 5.41) is 3.14. The molecule has 0 amide bonds. The number of aryl methyl sites for hydroxylation is 2. The van der Waals surface area contributed by atoms with Crippen molar-refractivity contribution in [3.8, 4) is 0 Å². The van der Waals surface area contributed by atoms with E-state index >= 15 is 0 Å². The van der Waals surface area contributed by atoms with Crippen LogP contribution in [0.5, 0.6) is 0 Å². The summed E-state index contributed by atoms with van der Waals surface area (Å²) in [7, 11) is 2.01. The van der Waals surface area contributed by atoms with Gasteiger partial charge in [0.15, 0.2) is 0 Å². The Balaban J connectivity index is 0.000000165. The molecule has 1 aliphatic carbocycles. The predicted molar refractivity (Wildman–Crippen MR) is 62.4 cm³/mol. The second-order valence-corrected chi connectivity index (χ2v) is 3.98. The Morgan fingerprint density at radius 1 is 1.14 bits per heavy atom. The third kappa shape index (κ3) is 4.28. The predicted octanol–water partition coefficient (Wildman–Crippen LogP) is 2.25. The fourth-order valence-corrected chi connectivity index (χ4v) is 1.38. The average molecular weight is 192 g/mol. The monoisotopic (exact) mass is 192 g/mol. The standard InChI is InChI=1S/C8H11N.C4H9N/c1-6-3-7(2)5-8(9)4-6;1-5-4-2-3-4/h3-5H,9H2,1-2H3;4-5H,2-3H2,1H3. The summed E-state index contributed by atoms with van der Waals surface area (Å²) in [4.78, 5) is 0. The smallest absolute Gasteiger partial charge is 0.0319 e. The zero-order valence-electron chi connectivity index (χ0n) is 9.30. The number of hydrogen-bond acceptors (Lipinski definition) is 2. The van der Waals surface area contributed by atoms with Crippen molar-refractivity contribution >= 4 is 5.69 Å². The number of rotatable bonds is 1.